The van der Waals surface area contributed by atoms with Gasteiger partial charge in [0.15, 0.2) is 0 Å². The molecule has 7 nitrogen and oxygen atoms in total. The van der Waals surface area contributed by atoms with Crippen LogP contribution in [0.2, 0.25) is 0 Å². The normalized spacial score (nSPS) is 14.3. The number of benzene rings is 3. The van der Waals surface area contributed by atoms with Gasteiger partial charge in [-0.15, -0.1) is 0 Å². The summed E-state index contributed by atoms with van der Waals surface area (Å²) in [6, 6.07) is 20.4. The standard InChI is InChI=1S/C25H20N2O5S/c1-26-23-15-12-19(9-5-8-18-6-3-2-4-7-18)16-22(23)24(28)27(33(26,31)32)17-20-10-13-21(14-11-20)25(29)30/h2-4,6-7,10-16H,8,17H2,1H3,(H,29,30). The number of hydrogen-bond acceptors (Lipinski definition) is 4. The molecule has 166 valence electrons. The summed E-state index contributed by atoms with van der Waals surface area (Å²) in [6.07, 6.45) is 0.554. The van der Waals surface area contributed by atoms with E-state index < -0.39 is 22.1 Å². The van der Waals surface area contributed by atoms with E-state index in [1.165, 1.54) is 31.3 Å². The molecule has 33 heavy (non-hydrogen) atoms. The first-order valence-electron chi connectivity index (χ1n) is 10.1. The van der Waals surface area contributed by atoms with E-state index in [1.807, 2.05) is 30.3 Å². The molecule has 3 aromatic carbocycles. The number of rotatable bonds is 4. The number of carboxylic acid groups (broad SMARTS) is 1. The Kier molecular flexibility index (Phi) is 5.90. The number of hydrogen-bond donors (Lipinski definition) is 1. The fourth-order valence-corrected chi connectivity index (χ4v) is 4.81. The van der Waals surface area contributed by atoms with Crippen molar-refractivity contribution in [1.82, 2.24) is 4.31 Å². The summed E-state index contributed by atoms with van der Waals surface area (Å²) < 4.78 is 27.8. The molecule has 0 aliphatic carbocycles. The second-order valence-electron chi connectivity index (χ2n) is 7.49. The van der Waals surface area contributed by atoms with Crippen molar-refractivity contribution in [2.45, 2.75) is 13.0 Å². The van der Waals surface area contributed by atoms with Gasteiger partial charge in [-0.05, 0) is 41.5 Å². The zero-order chi connectivity index (χ0) is 23.6. The van der Waals surface area contributed by atoms with E-state index in [0.29, 0.717) is 17.5 Å². The smallest absolute Gasteiger partial charge is 0.335 e. The molecule has 0 bridgehead atoms. The molecule has 0 fully saturated rings. The topological polar surface area (TPSA) is 95.0 Å². The molecule has 0 radical (unpaired) electrons. The average molecular weight is 461 g/mol. The van der Waals surface area contributed by atoms with Crippen LogP contribution >= 0.6 is 0 Å². The first-order valence-corrected chi connectivity index (χ1v) is 11.5. The van der Waals surface area contributed by atoms with Crippen molar-refractivity contribution >= 4 is 27.8 Å². The Morgan fingerprint density at radius 1 is 0.970 bits per heavy atom. The number of carboxylic acids is 1. The predicted molar refractivity (Wildman–Crippen MR) is 124 cm³/mol. The SMILES string of the molecule is CN1c2ccc(C#CCc3ccccc3)cc2C(=O)N(Cc2ccc(C(=O)O)cc2)S1(=O)=O. The van der Waals surface area contributed by atoms with Crippen molar-refractivity contribution in [3.63, 3.8) is 0 Å². The van der Waals surface area contributed by atoms with Crippen molar-refractivity contribution in [3.8, 4) is 11.8 Å². The molecule has 0 aromatic heterocycles. The third-order valence-corrected chi connectivity index (χ3v) is 7.05. The molecular weight excluding hydrogens is 440 g/mol. The monoisotopic (exact) mass is 460 g/mol. The highest BCUT2D eigenvalue weighted by Crippen LogP contribution is 2.32. The van der Waals surface area contributed by atoms with E-state index in [1.54, 1.807) is 18.2 Å². The van der Waals surface area contributed by atoms with Crippen LogP contribution in [0.4, 0.5) is 5.69 Å². The second kappa shape index (κ2) is 8.81. The zero-order valence-corrected chi connectivity index (χ0v) is 18.5. The number of aromatic carboxylic acids is 1. The number of amides is 1. The number of anilines is 1. The van der Waals surface area contributed by atoms with Crippen molar-refractivity contribution in [2.24, 2.45) is 0 Å². The van der Waals surface area contributed by atoms with Crippen molar-refractivity contribution in [1.29, 1.82) is 0 Å². The molecule has 1 aliphatic heterocycles. The van der Waals surface area contributed by atoms with Gasteiger partial charge in [0.1, 0.15) is 0 Å². The van der Waals surface area contributed by atoms with Gasteiger partial charge in [0, 0.05) is 19.0 Å². The third kappa shape index (κ3) is 4.45. The van der Waals surface area contributed by atoms with E-state index in [2.05, 4.69) is 11.8 Å². The van der Waals surface area contributed by atoms with Gasteiger partial charge in [0.2, 0.25) is 0 Å². The Labute approximate surface area is 192 Å². The van der Waals surface area contributed by atoms with Gasteiger partial charge in [-0.1, -0.05) is 54.3 Å². The fraction of sp³-hybridized carbons (Fsp3) is 0.120. The molecule has 0 spiro atoms. The van der Waals surface area contributed by atoms with E-state index in [9.17, 15) is 18.0 Å². The predicted octanol–water partition coefficient (Wildman–Crippen LogP) is 3.32. The van der Waals surface area contributed by atoms with Crippen LogP contribution in [-0.2, 0) is 23.2 Å². The summed E-state index contributed by atoms with van der Waals surface area (Å²) in [4.78, 5) is 24.2. The number of nitrogens with zero attached hydrogens (tertiary/aromatic N) is 2. The van der Waals surface area contributed by atoms with Crippen LogP contribution in [-0.4, -0.2) is 36.8 Å². The molecule has 1 heterocycles. The average Bonchev–Trinajstić information content (AvgIpc) is 2.81. The van der Waals surface area contributed by atoms with Crippen LogP contribution in [0.3, 0.4) is 0 Å². The van der Waals surface area contributed by atoms with Gasteiger partial charge >= 0.3 is 16.2 Å². The van der Waals surface area contributed by atoms with E-state index in [-0.39, 0.29) is 23.4 Å². The van der Waals surface area contributed by atoms with Gasteiger partial charge < -0.3 is 5.11 Å². The van der Waals surface area contributed by atoms with Gasteiger partial charge in [-0.3, -0.25) is 9.10 Å². The maximum atomic E-state index is 13.2. The third-order valence-electron chi connectivity index (χ3n) is 5.31. The van der Waals surface area contributed by atoms with Crippen LogP contribution in [0.25, 0.3) is 0 Å². The lowest BCUT2D eigenvalue weighted by atomic mass is 10.1. The fourth-order valence-electron chi connectivity index (χ4n) is 3.49. The van der Waals surface area contributed by atoms with Gasteiger partial charge in [-0.25, -0.2) is 9.10 Å². The quantitative estimate of drug-likeness (QED) is 0.603. The second-order valence-corrected chi connectivity index (χ2v) is 9.37. The van der Waals surface area contributed by atoms with E-state index >= 15 is 0 Å². The Morgan fingerprint density at radius 3 is 2.33 bits per heavy atom. The summed E-state index contributed by atoms with van der Waals surface area (Å²) in [7, 11) is -2.70. The minimum Gasteiger partial charge on any atom is -0.478 e. The molecule has 3 aromatic rings. The van der Waals surface area contributed by atoms with Crippen molar-refractivity contribution in [2.75, 3.05) is 11.4 Å². The summed E-state index contributed by atoms with van der Waals surface area (Å²) in [5.41, 5.74) is 2.77. The van der Waals surface area contributed by atoms with E-state index in [4.69, 9.17) is 5.11 Å². The highest BCUT2D eigenvalue weighted by Gasteiger charge is 2.39. The highest BCUT2D eigenvalue weighted by molar-refractivity contribution is 7.91. The molecule has 4 rings (SSSR count). The number of carbonyl (C=O) groups excluding carboxylic acids is 1. The van der Waals surface area contributed by atoms with Crippen LogP contribution in [0.1, 0.15) is 37.4 Å². The largest absolute Gasteiger partial charge is 0.478 e. The molecule has 0 saturated carbocycles. The number of fused-ring (bicyclic) bond motifs is 1. The maximum absolute atomic E-state index is 13.2. The Morgan fingerprint density at radius 2 is 1.67 bits per heavy atom. The molecular formula is C25H20N2O5S. The van der Waals surface area contributed by atoms with E-state index in [0.717, 1.165) is 14.2 Å². The Balaban J connectivity index is 1.63. The lowest BCUT2D eigenvalue weighted by Gasteiger charge is -2.34. The van der Waals surface area contributed by atoms with Crippen LogP contribution < -0.4 is 4.31 Å². The maximum Gasteiger partial charge on any atom is 0.335 e. The van der Waals surface area contributed by atoms with Crippen LogP contribution in [0.5, 0.6) is 0 Å². The van der Waals surface area contributed by atoms with Crippen molar-refractivity contribution in [3.05, 3.63) is 101 Å². The molecule has 0 atom stereocenters. The summed E-state index contributed by atoms with van der Waals surface area (Å²) >= 11 is 0. The summed E-state index contributed by atoms with van der Waals surface area (Å²) in [5, 5.41) is 9.04. The minimum absolute atomic E-state index is 0.0766. The zero-order valence-electron chi connectivity index (χ0n) is 17.7. The molecule has 0 saturated heterocycles. The van der Waals surface area contributed by atoms with Crippen molar-refractivity contribution < 1.29 is 23.1 Å². The van der Waals surface area contributed by atoms with Crippen LogP contribution in [0.15, 0.2) is 72.8 Å². The summed E-state index contributed by atoms with van der Waals surface area (Å²) in [6.45, 7) is -0.214. The Hall–Kier alpha value is -4.09. The Bertz CT molecular complexity index is 1390. The molecule has 1 N–H and O–H groups in total. The molecule has 1 amide bonds. The van der Waals surface area contributed by atoms with Crippen LogP contribution in [0, 0.1) is 11.8 Å². The number of carbonyl (C=O) groups is 2. The molecule has 0 unspecified atom stereocenters. The van der Waals surface area contributed by atoms with Gasteiger partial charge in [-0.2, -0.15) is 8.42 Å². The lowest BCUT2D eigenvalue weighted by Crippen LogP contribution is -2.49. The van der Waals surface area contributed by atoms with Gasteiger partial charge in [0.25, 0.3) is 5.91 Å². The summed E-state index contributed by atoms with van der Waals surface area (Å²) in [5.74, 6) is 4.37. The molecule has 1 aliphatic rings. The highest BCUT2D eigenvalue weighted by atomic mass is 32.2. The first kappa shape index (κ1) is 22.1. The first-order chi connectivity index (χ1) is 15.8. The molecule has 8 heteroatoms. The lowest BCUT2D eigenvalue weighted by molar-refractivity contribution is 0.0696. The van der Waals surface area contributed by atoms with Gasteiger partial charge in [0.05, 0.1) is 23.4 Å². The minimum atomic E-state index is -4.09.